The Labute approximate surface area is 165 Å². The molecule has 0 spiro atoms. The van der Waals surface area contributed by atoms with E-state index in [2.05, 4.69) is 15.5 Å². The van der Waals surface area contributed by atoms with Crippen molar-refractivity contribution in [1.29, 1.82) is 0 Å². The molecule has 0 radical (unpaired) electrons. The van der Waals surface area contributed by atoms with Crippen molar-refractivity contribution in [2.24, 2.45) is 5.92 Å². The Balaban J connectivity index is 1.62. The molecule has 1 fully saturated rings. The second-order valence-electron chi connectivity index (χ2n) is 7.36. The summed E-state index contributed by atoms with van der Waals surface area (Å²) in [6.07, 6.45) is 1.80. The van der Waals surface area contributed by atoms with Crippen LogP contribution in [0, 0.1) is 5.92 Å². The number of anilines is 1. The van der Waals surface area contributed by atoms with E-state index in [0.717, 1.165) is 31.6 Å². The molecule has 156 valence electrons. The monoisotopic (exact) mass is 393 g/mol. The number of aliphatic hydroxyl groups is 2. The molecule has 0 aromatic heterocycles. The Kier molecular flexibility index (Phi) is 7.36. The van der Waals surface area contributed by atoms with Crippen molar-refractivity contribution in [3.05, 3.63) is 17.7 Å². The minimum absolute atomic E-state index is 0.0116. The van der Waals surface area contributed by atoms with Crippen LogP contribution in [0.15, 0.2) is 12.1 Å². The van der Waals surface area contributed by atoms with Crippen molar-refractivity contribution < 1.29 is 24.5 Å². The number of nitrogens with zero attached hydrogens (tertiary/aromatic N) is 1. The zero-order valence-electron chi connectivity index (χ0n) is 16.4. The number of hydrogen-bond donors (Lipinski definition) is 4. The lowest BCUT2D eigenvalue weighted by Gasteiger charge is -2.36. The maximum Gasteiger partial charge on any atom is 0.255 e. The summed E-state index contributed by atoms with van der Waals surface area (Å²) in [6, 6.07) is 3.60. The van der Waals surface area contributed by atoms with Gasteiger partial charge in [-0.25, -0.2) is 0 Å². The van der Waals surface area contributed by atoms with Gasteiger partial charge in [0.15, 0.2) is 11.5 Å². The molecular formula is C20H31N3O5. The summed E-state index contributed by atoms with van der Waals surface area (Å²) in [7, 11) is 1.79. The lowest BCUT2D eigenvalue weighted by Crippen LogP contribution is -2.47. The Morgan fingerprint density at radius 1 is 1.32 bits per heavy atom. The van der Waals surface area contributed by atoms with Crippen molar-refractivity contribution in [3.8, 4) is 11.5 Å². The van der Waals surface area contributed by atoms with Crippen molar-refractivity contribution in [2.75, 3.05) is 58.4 Å². The van der Waals surface area contributed by atoms with E-state index in [1.165, 1.54) is 0 Å². The molecule has 1 saturated heterocycles. The predicted molar refractivity (Wildman–Crippen MR) is 106 cm³/mol. The number of carbonyl (C=O) groups is 1. The smallest absolute Gasteiger partial charge is 0.255 e. The van der Waals surface area contributed by atoms with Crippen LogP contribution in [0.4, 0.5) is 5.69 Å². The number of piperidine rings is 1. The van der Waals surface area contributed by atoms with Crippen molar-refractivity contribution in [1.82, 2.24) is 10.2 Å². The van der Waals surface area contributed by atoms with E-state index in [9.17, 15) is 9.90 Å². The van der Waals surface area contributed by atoms with Gasteiger partial charge in [0.1, 0.15) is 0 Å². The zero-order valence-corrected chi connectivity index (χ0v) is 16.4. The van der Waals surface area contributed by atoms with Gasteiger partial charge in [-0.3, -0.25) is 4.79 Å². The summed E-state index contributed by atoms with van der Waals surface area (Å²) in [4.78, 5) is 15.0. The summed E-state index contributed by atoms with van der Waals surface area (Å²) < 4.78 is 11.5. The highest BCUT2D eigenvalue weighted by molar-refractivity contribution is 5.99. The SMILES string of the molecule is CNc1cc2c(c(C(=O)NC[C@@H]3CCN(CCCO)CC3O)c1)OCCCO2. The molecule has 3 rings (SSSR count). The molecule has 8 nitrogen and oxygen atoms in total. The molecule has 1 amide bonds. The molecule has 0 aliphatic carbocycles. The van der Waals surface area contributed by atoms with E-state index in [0.29, 0.717) is 49.8 Å². The molecule has 8 heteroatoms. The van der Waals surface area contributed by atoms with Gasteiger partial charge < -0.3 is 35.2 Å². The van der Waals surface area contributed by atoms with E-state index in [1.54, 1.807) is 13.1 Å². The van der Waals surface area contributed by atoms with Crippen LogP contribution in [0.5, 0.6) is 11.5 Å². The third-order valence-corrected chi connectivity index (χ3v) is 5.34. The molecule has 2 atom stereocenters. The average Bonchev–Trinajstić information content (AvgIpc) is 2.95. The van der Waals surface area contributed by atoms with E-state index in [1.807, 2.05) is 6.07 Å². The number of hydrogen-bond acceptors (Lipinski definition) is 7. The summed E-state index contributed by atoms with van der Waals surface area (Å²) in [6.45, 7) is 3.86. The van der Waals surface area contributed by atoms with Crippen LogP contribution in [0.25, 0.3) is 0 Å². The van der Waals surface area contributed by atoms with Gasteiger partial charge in [0.05, 0.1) is 24.9 Å². The average molecular weight is 393 g/mol. The van der Waals surface area contributed by atoms with Gasteiger partial charge >= 0.3 is 0 Å². The molecule has 28 heavy (non-hydrogen) atoms. The molecule has 2 aliphatic heterocycles. The van der Waals surface area contributed by atoms with Crippen LogP contribution in [0.3, 0.4) is 0 Å². The van der Waals surface area contributed by atoms with Crippen LogP contribution in [-0.2, 0) is 0 Å². The Morgan fingerprint density at radius 3 is 2.89 bits per heavy atom. The lowest BCUT2D eigenvalue weighted by atomic mass is 9.93. The van der Waals surface area contributed by atoms with Crippen molar-refractivity contribution in [2.45, 2.75) is 25.4 Å². The van der Waals surface area contributed by atoms with Gasteiger partial charge in [0, 0.05) is 57.4 Å². The Bertz CT molecular complexity index is 669. The summed E-state index contributed by atoms with van der Waals surface area (Å²) in [5.74, 6) is 0.839. The number of benzene rings is 1. The fourth-order valence-corrected chi connectivity index (χ4v) is 3.69. The number of likely N-dealkylation sites (tertiary alicyclic amines) is 1. The molecular weight excluding hydrogens is 362 g/mol. The molecule has 0 saturated carbocycles. The Hall–Kier alpha value is -2.03. The van der Waals surface area contributed by atoms with Gasteiger partial charge in [0.2, 0.25) is 0 Å². The van der Waals surface area contributed by atoms with E-state index >= 15 is 0 Å². The first kappa shape index (κ1) is 20.7. The van der Waals surface area contributed by atoms with Gasteiger partial charge in [-0.15, -0.1) is 0 Å². The zero-order chi connectivity index (χ0) is 19.9. The first-order valence-corrected chi connectivity index (χ1v) is 10.0. The number of amides is 1. The van der Waals surface area contributed by atoms with Crippen molar-refractivity contribution >= 4 is 11.6 Å². The summed E-state index contributed by atoms with van der Waals surface area (Å²) >= 11 is 0. The maximum atomic E-state index is 12.9. The molecule has 1 aromatic rings. The predicted octanol–water partition coefficient (Wildman–Crippen LogP) is 0.685. The third-order valence-electron chi connectivity index (χ3n) is 5.34. The summed E-state index contributed by atoms with van der Waals surface area (Å²) in [5.41, 5.74) is 1.23. The first-order chi connectivity index (χ1) is 13.6. The summed E-state index contributed by atoms with van der Waals surface area (Å²) in [5, 5.41) is 25.4. The van der Waals surface area contributed by atoms with Gasteiger partial charge in [-0.05, 0) is 25.5 Å². The van der Waals surface area contributed by atoms with E-state index < -0.39 is 6.10 Å². The molecule has 1 aromatic carbocycles. The standard InChI is InChI=1S/C20H31N3O5/c1-21-15-10-16(19-18(11-15)27-8-3-9-28-19)20(26)22-12-14-4-6-23(5-2-7-24)13-17(14)25/h10-11,14,17,21,24-25H,2-9,12-13H2,1H3,(H,22,26)/t14-,17?/m0/s1. The largest absolute Gasteiger partial charge is 0.489 e. The minimum Gasteiger partial charge on any atom is -0.489 e. The van der Waals surface area contributed by atoms with Crippen molar-refractivity contribution in [3.63, 3.8) is 0 Å². The highest BCUT2D eigenvalue weighted by Crippen LogP contribution is 2.36. The van der Waals surface area contributed by atoms with Crippen LogP contribution >= 0.6 is 0 Å². The topological polar surface area (TPSA) is 103 Å². The number of β-amino-alcohol motifs (C(OH)–C–C–N with tert-alkyl or cyclic N) is 1. The number of ether oxygens (including phenoxy) is 2. The van der Waals surface area contributed by atoms with Crippen LogP contribution < -0.4 is 20.1 Å². The number of fused-ring (bicyclic) bond motifs is 1. The molecule has 4 N–H and O–H groups in total. The van der Waals surface area contributed by atoms with Crippen LogP contribution in [0.1, 0.15) is 29.6 Å². The lowest BCUT2D eigenvalue weighted by molar-refractivity contribution is 0.0201. The second-order valence-corrected chi connectivity index (χ2v) is 7.36. The normalized spacial score (nSPS) is 22.4. The van der Waals surface area contributed by atoms with Crippen LogP contribution in [-0.4, -0.2) is 80.2 Å². The number of nitrogens with one attached hydrogen (secondary N) is 2. The van der Waals surface area contributed by atoms with Gasteiger partial charge in [-0.1, -0.05) is 0 Å². The fourth-order valence-electron chi connectivity index (χ4n) is 3.69. The molecule has 2 heterocycles. The van der Waals surface area contributed by atoms with Gasteiger partial charge in [0.25, 0.3) is 5.91 Å². The third kappa shape index (κ3) is 5.06. The fraction of sp³-hybridized carbons (Fsp3) is 0.650. The first-order valence-electron chi connectivity index (χ1n) is 10.0. The minimum atomic E-state index is -0.493. The quantitative estimate of drug-likeness (QED) is 0.540. The molecule has 1 unspecified atom stereocenters. The van der Waals surface area contributed by atoms with E-state index in [-0.39, 0.29) is 18.4 Å². The Morgan fingerprint density at radius 2 is 2.14 bits per heavy atom. The van der Waals surface area contributed by atoms with E-state index in [4.69, 9.17) is 14.6 Å². The van der Waals surface area contributed by atoms with Crippen LogP contribution in [0.2, 0.25) is 0 Å². The van der Waals surface area contributed by atoms with Gasteiger partial charge in [-0.2, -0.15) is 0 Å². The molecule has 2 aliphatic rings. The highest BCUT2D eigenvalue weighted by Gasteiger charge is 2.28. The maximum absolute atomic E-state index is 12.9. The highest BCUT2D eigenvalue weighted by atomic mass is 16.5. The number of aliphatic hydroxyl groups excluding tert-OH is 2. The molecule has 0 bridgehead atoms. The number of rotatable bonds is 7. The second kappa shape index (κ2) is 9.95. The number of carbonyl (C=O) groups excluding carboxylic acids is 1.